The van der Waals surface area contributed by atoms with Crippen molar-refractivity contribution in [2.24, 2.45) is 0 Å². The zero-order chi connectivity index (χ0) is 17.8. The maximum atomic E-state index is 12.8. The maximum Gasteiger partial charge on any atom is 0.254 e. The summed E-state index contributed by atoms with van der Waals surface area (Å²) in [5.74, 6) is 1.03. The minimum absolute atomic E-state index is 0.0634. The van der Waals surface area contributed by atoms with Crippen LogP contribution < -0.4 is 10.2 Å². The molecule has 132 valence electrons. The van der Waals surface area contributed by atoms with Gasteiger partial charge in [0.05, 0.1) is 0 Å². The largest absolute Gasteiger partial charge is 0.353 e. The Kier molecular flexibility index (Phi) is 4.79. The van der Waals surface area contributed by atoms with Crippen LogP contribution in [-0.4, -0.2) is 47.0 Å². The summed E-state index contributed by atoms with van der Waals surface area (Å²) in [6.45, 7) is 2.97. The van der Waals surface area contributed by atoms with Crippen molar-refractivity contribution in [3.05, 3.63) is 65.8 Å². The van der Waals surface area contributed by atoms with Crippen LogP contribution >= 0.6 is 11.3 Å². The topological polar surface area (TPSA) is 61.4 Å². The molecule has 0 unspecified atom stereocenters. The zero-order valence-electron chi connectivity index (χ0n) is 14.2. The third-order valence-corrected chi connectivity index (χ3v) is 5.02. The molecule has 1 aliphatic rings. The Morgan fingerprint density at radius 3 is 2.62 bits per heavy atom. The van der Waals surface area contributed by atoms with Gasteiger partial charge in [-0.2, -0.15) is 0 Å². The molecule has 0 radical (unpaired) electrons. The number of pyridine rings is 1. The smallest absolute Gasteiger partial charge is 0.254 e. The maximum absolute atomic E-state index is 12.8. The molecule has 1 amide bonds. The SMILES string of the molecule is O=C(c1cccc(Nc2nccs2)c1)N1CCN(c2ccccn2)CC1. The molecular weight excluding hydrogens is 346 g/mol. The van der Waals surface area contributed by atoms with E-state index < -0.39 is 0 Å². The molecule has 0 aliphatic carbocycles. The second-order valence-electron chi connectivity index (χ2n) is 6.01. The van der Waals surface area contributed by atoms with E-state index in [0.717, 1.165) is 29.7 Å². The quantitative estimate of drug-likeness (QED) is 0.769. The van der Waals surface area contributed by atoms with Gasteiger partial charge in [-0.15, -0.1) is 11.3 Å². The number of amides is 1. The molecule has 4 rings (SSSR count). The van der Waals surface area contributed by atoms with E-state index in [1.54, 1.807) is 12.4 Å². The summed E-state index contributed by atoms with van der Waals surface area (Å²) in [4.78, 5) is 25.6. The van der Waals surface area contributed by atoms with Crippen molar-refractivity contribution in [1.29, 1.82) is 0 Å². The Bertz CT molecular complexity index is 861. The first-order valence-corrected chi connectivity index (χ1v) is 9.39. The van der Waals surface area contributed by atoms with E-state index in [9.17, 15) is 4.79 Å². The van der Waals surface area contributed by atoms with E-state index in [4.69, 9.17) is 0 Å². The van der Waals surface area contributed by atoms with Gasteiger partial charge in [-0.1, -0.05) is 12.1 Å². The molecule has 1 aromatic carbocycles. The number of nitrogens with one attached hydrogen (secondary N) is 1. The van der Waals surface area contributed by atoms with Crippen LogP contribution in [0, 0.1) is 0 Å². The summed E-state index contributed by atoms with van der Waals surface area (Å²) in [6, 6.07) is 13.5. The lowest BCUT2D eigenvalue weighted by atomic mass is 10.1. The number of aromatic nitrogens is 2. The van der Waals surface area contributed by atoms with Crippen LogP contribution in [0.25, 0.3) is 0 Å². The van der Waals surface area contributed by atoms with Gasteiger partial charge in [-0.25, -0.2) is 9.97 Å². The number of piperazine rings is 1. The van der Waals surface area contributed by atoms with Crippen LogP contribution in [0.1, 0.15) is 10.4 Å². The minimum Gasteiger partial charge on any atom is -0.353 e. The van der Waals surface area contributed by atoms with Gasteiger partial charge in [0.2, 0.25) is 0 Å². The normalized spacial score (nSPS) is 14.3. The van der Waals surface area contributed by atoms with Gasteiger partial charge < -0.3 is 15.1 Å². The molecule has 0 bridgehead atoms. The number of carbonyl (C=O) groups excluding carboxylic acids is 1. The van der Waals surface area contributed by atoms with Crippen LogP contribution in [0.15, 0.2) is 60.2 Å². The van der Waals surface area contributed by atoms with E-state index in [1.165, 1.54) is 11.3 Å². The fourth-order valence-corrected chi connectivity index (χ4v) is 3.55. The van der Waals surface area contributed by atoms with Crippen LogP contribution in [0.2, 0.25) is 0 Å². The summed E-state index contributed by atoms with van der Waals surface area (Å²) in [5, 5.41) is 5.96. The van der Waals surface area contributed by atoms with Crippen molar-refractivity contribution in [2.45, 2.75) is 0 Å². The van der Waals surface area contributed by atoms with Crippen molar-refractivity contribution in [2.75, 3.05) is 36.4 Å². The average molecular weight is 365 g/mol. The Hall–Kier alpha value is -2.93. The van der Waals surface area contributed by atoms with E-state index in [1.807, 2.05) is 52.7 Å². The van der Waals surface area contributed by atoms with E-state index in [-0.39, 0.29) is 5.91 Å². The highest BCUT2D eigenvalue weighted by Gasteiger charge is 2.22. The molecule has 2 aromatic heterocycles. The summed E-state index contributed by atoms with van der Waals surface area (Å²) in [5.41, 5.74) is 1.57. The first-order chi connectivity index (χ1) is 12.8. The van der Waals surface area contributed by atoms with Crippen molar-refractivity contribution >= 4 is 33.9 Å². The van der Waals surface area contributed by atoms with Crippen molar-refractivity contribution in [1.82, 2.24) is 14.9 Å². The Balaban J connectivity index is 1.40. The number of nitrogens with zero attached hydrogens (tertiary/aromatic N) is 4. The van der Waals surface area contributed by atoms with Gasteiger partial charge in [0, 0.05) is 55.2 Å². The molecule has 0 atom stereocenters. The average Bonchev–Trinajstić information content (AvgIpc) is 3.21. The summed E-state index contributed by atoms with van der Waals surface area (Å²) >= 11 is 1.53. The molecule has 1 N–H and O–H groups in total. The lowest BCUT2D eigenvalue weighted by Gasteiger charge is -2.35. The fourth-order valence-electron chi connectivity index (χ4n) is 3.00. The van der Waals surface area contributed by atoms with Crippen molar-refractivity contribution in [3.63, 3.8) is 0 Å². The van der Waals surface area contributed by atoms with Crippen molar-refractivity contribution < 1.29 is 4.79 Å². The first-order valence-electron chi connectivity index (χ1n) is 8.51. The van der Waals surface area contributed by atoms with Gasteiger partial charge in [0.15, 0.2) is 5.13 Å². The fraction of sp³-hybridized carbons (Fsp3) is 0.211. The number of hydrogen-bond acceptors (Lipinski definition) is 6. The molecule has 7 heteroatoms. The molecule has 26 heavy (non-hydrogen) atoms. The Labute approximate surface area is 156 Å². The summed E-state index contributed by atoms with van der Waals surface area (Å²) in [7, 11) is 0. The molecule has 0 saturated carbocycles. The first kappa shape index (κ1) is 16.5. The number of hydrogen-bond donors (Lipinski definition) is 1. The number of thiazole rings is 1. The highest BCUT2D eigenvalue weighted by molar-refractivity contribution is 7.13. The van der Waals surface area contributed by atoms with Gasteiger partial charge >= 0.3 is 0 Å². The number of carbonyl (C=O) groups is 1. The zero-order valence-corrected chi connectivity index (χ0v) is 15.0. The monoisotopic (exact) mass is 365 g/mol. The molecule has 1 aliphatic heterocycles. The third kappa shape index (κ3) is 3.67. The molecule has 3 aromatic rings. The lowest BCUT2D eigenvalue weighted by Crippen LogP contribution is -2.49. The van der Waals surface area contributed by atoms with Gasteiger partial charge in [0.1, 0.15) is 5.82 Å². The third-order valence-electron chi connectivity index (χ3n) is 4.33. The predicted molar refractivity (Wildman–Crippen MR) is 104 cm³/mol. The lowest BCUT2D eigenvalue weighted by molar-refractivity contribution is 0.0746. The standard InChI is InChI=1S/C19H19N5OS/c25-18(15-4-3-5-16(14-15)22-19-21-8-13-26-19)24-11-9-23(10-12-24)17-6-1-2-7-20-17/h1-8,13-14H,9-12H2,(H,21,22). The second-order valence-corrected chi connectivity index (χ2v) is 6.90. The number of rotatable bonds is 4. The van der Waals surface area contributed by atoms with Crippen LogP contribution in [0.3, 0.4) is 0 Å². The minimum atomic E-state index is 0.0634. The molecule has 1 saturated heterocycles. The highest BCUT2D eigenvalue weighted by atomic mass is 32.1. The molecule has 6 nitrogen and oxygen atoms in total. The van der Waals surface area contributed by atoms with Gasteiger partial charge in [0.25, 0.3) is 5.91 Å². The van der Waals surface area contributed by atoms with Gasteiger partial charge in [-0.3, -0.25) is 4.79 Å². The Morgan fingerprint density at radius 2 is 1.88 bits per heavy atom. The van der Waals surface area contributed by atoms with Crippen molar-refractivity contribution in [3.8, 4) is 0 Å². The number of anilines is 3. The van der Waals surface area contributed by atoms with Crippen LogP contribution in [0.5, 0.6) is 0 Å². The van der Waals surface area contributed by atoms with E-state index >= 15 is 0 Å². The molecular formula is C19H19N5OS. The second kappa shape index (κ2) is 7.53. The Morgan fingerprint density at radius 1 is 1.00 bits per heavy atom. The molecule has 1 fully saturated rings. The highest BCUT2D eigenvalue weighted by Crippen LogP contribution is 2.21. The molecule has 0 spiro atoms. The van der Waals surface area contributed by atoms with Gasteiger partial charge in [-0.05, 0) is 30.3 Å². The van der Waals surface area contributed by atoms with E-state index in [2.05, 4.69) is 20.2 Å². The predicted octanol–water partition coefficient (Wildman–Crippen LogP) is 3.24. The summed E-state index contributed by atoms with van der Waals surface area (Å²) in [6.07, 6.45) is 3.55. The number of benzene rings is 1. The van der Waals surface area contributed by atoms with Crippen LogP contribution in [0.4, 0.5) is 16.6 Å². The molecule has 3 heterocycles. The van der Waals surface area contributed by atoms with E-state index in [0.29, 0.717) is 18.7 Å². The summed E-state index contributed by atoms with van der Waals surface area (Å²) < 4.78 is 0. The van der Waals surface area contributed by atoms with Crippen LogP contribution in [-0.2, 0) is 0 Å².